The molecule has 1 heterocycles. The average Bonchev–Trinajstić information content (AvgIpc) is 2.95. The normalized spacial score (nSPS) is 18.4. The Morgan fingerprint density at radius 2 is 2.04 bits per heavy atom. The lowest BCUT2D eigenvalue weighted by Crippen LogP contribution is -2.44. The Bertz CT molecular complexity index is 626. The van der Waals surface area contributed by atoms with Gasteiger partial charge in [0.2, 0.25) is 5.91 Å². The van der Waals surface area contributed by atoms with Gasteiger partial charge in [-0.05, 0) is 49.8 Å². The first-order chi connectivity index (χ1) is 11.8. The Kier molecular flexibility index (Phi) is 6.45. The van der Waals surface area contributed by atoms with Crippen molar-refractivity contribution in [2.75, 3.05) is 13.2 Å². The summed E-state index contributed by atoms with van der Waals surface area (Å²) < 4.78 is 10.9. The molecule has 0 spiro atoms. The molecular formula is C20H29NO4. The number of aryl methyl sites for hydroxylation is 2. The Labute approximate surface area is 150 Å². The fraction of sp³-hybridized carbons (Fsp3) is 0.600. The van der Waals surface area contributed by atoms with Gasteiger partial charge in [0.25, 0.3) is 0 Å². The molecule has 0 aliphatic carbocycles. The molecule has 2 atom stereocenters. The van der Waals surface area contributed by atoms with Crippen LogP contribution in [0.5, 0.6) is 5.75 Å². The second kappa shape index (κ2) is 8.37. The molecule has 1 aliphatic heterocycles. The Balaban J connectivity index is 1.83. The molecule has 0 aromatic heterocycles. The van der Waals surface area contributed by atoms with E-state index in [1.54, 1.807) is 0 Å². The van der Waals surface area contributed by atoms with Gasteiger partial charge in [0.15, 0.2) is 0 Å². The number of imide groups is 1. The zero-order chi connectivity index (χ0) is 18.6. The topological polar surface area (TPSA) is 55.8 Å². The van der Waals surface area contributed by atoms with Crippen molar-refractivity contribution < 1.29 is 19.1 Å². The van der Waals surface area contributed by atoms with Crippen LogP contribution in [-0.4, -0.2) is 36.2 Å². The minimum Gasteiger partial charge on any atom is -0.493 e. The van der Waals surface area contributed by atoms with E-state index in [9.17, 15) is 9.59 Å². The van der Waals surface area contributed by atoms with Gasteiger partial charge >= 0.3 is 6.09 Å². The first-order valence-electron chi connectivity index (χ1n) is 9.01. The van der Waals surface area contributed by atoms with E-state index in [1.807, 2.05) is 46.8 Å². The number of carbonyl (C=O) groups excluding carboxylic acids is 2. The molecule has 1 aromatic carbocycles. The van der Waals surface area contributed by atoms with Crippen LogP contribution in [0.2, 0.25) is 0 Å². The zero-order valence-corrected chi connectivity index (χ0v) is 15.9. The van der Waals surface area contributed by atoms with Crippen LogP contribution in [0.15, 0.2) is 18.2 Å². The van der Waals surface area contributed by atoms with Crippen molar-refractivity contribution in [2.24, 2.45) is 11.8 Å². The molecular weight excluding hydrogens is 318 g/mol. The van der Waals surface area contributed by atoms with E-state index < -0.39 is 6.09 Å². The second-order valence-electron chi connectivity index (χ2n) is 7.26. The first kappa shape index (κ1) is 19.3. The smallest absolute Gasteiger partial charge is 0.416 e. The van der Waals surface area contributed by atoms with Crippen LogP contribution in [0.3, 0.4) is 0 Å². The molecule has 2 rings (SSSR count). The third-order valence-electron chi connectivity index (χ3n) is 4.72. The van der Waals surface area contributed by atoms with Gasteiger partial charge in [-0.3, -0.25) is 4.79 Å². The Morgan fingerprint density at radius 3 is 2.72 bits per heavy atom. The summed E-state index contributed by atoms with van der Waals surface area (Å²) in [6.45, 7) is 10.8. The number of hydrogen-bond donors (Lipinski definition) is 0. The second-order valence-corrected chi connectivity index (χ2v) is 7.26. The largest absolute Gasteiger partial charge is 0.493 e. The van der Waals surface area contributed by atoms with Crippen LogP contribution in [-0.2, 0) is 9.53 Å². The molecule has 25 heavy (non-hydrogen) atoms. The van der Waals surface area contributed by atoms with E-state index in [4.69, 9.17) is 9.47 Å². The van der Waals surface area contributed by atoms with Crippen molar-refractivity contribution in [1.29, 1.82) is 0 Å². The number of nitrogens with zero attached hydrogens (tertiary/aromatic N) is 1. The fourth-order valence-corrected chi connectivity index (χ4v) is 2.98. The van der Waals surface area contributed by atoms with E-state index in [1.165, 1.54) is 4.90 Å². The molecule has 2 amide bonds. The molecule has 0 unspecified atom stereocenters. The van der Waals surface area contributed by atoms with Crippen molar-refractivity contribution in [3.63, 3.8) is 0 Å². The maximum absolute atomic E-state index is 12.6. The predicted octanol–water partition coefficient (Wildman–Crippen LogP) is 4.10. The van der Waals surface area contributed by atoms with Crippen molar-refractivity contribution in [3.8, 4) is 5.75 Å². The van der Waals surface area contributed by atoms with Gasteiger partial charge in [-0.25, -0.2) is 9.69 Å². The molecule has 5 nitrogen and oxygen atoms in total. The van der Waals surface area contributed by atoms with Crippen LogP contribution in [0, 0.1) is 25.7 Å². The van der Waals surface area contributed by atoms with Crippen LogP contribution in [0.4, 0.5) is 4.79 Å². The molecule has 0 bridgehead atoms. The maximum Gasteiger partial charge on any atom is 0.416 e. The van der Waals surface area contributed by atoms with Crippen LogP contribution in [0.25, 0.3) is 0 Å². The summed E-state index contributed by atoms with van der Waals surface area (Å²) in [6.07, 6.45) is 0.926. The number of rotatable bonds is 7. The van der Waals surface area contributed by atoms with Gasteiger partial charge in [0.1, 0.15) is 12.4 Å². The number of cyclic esters (lactones) is 1. The third-order valence-corrected chi connectivity index (χ3v) is 4.72. The standard InChI is InChI=1S/C20H29NO4/c1-13(2)17-12-25-20(23)21(17)19(22)16(5)7-6-10-24-18-11-14(3)8-9-15(18)4/h8-9,11,13,16-17H,6-7,10,12H2,1-5H3/t16-,17-/m1/s1. The highest BCUT2D eigenvalue weighted by molar-refractivity contribution is 5.94. The SMILES string of the molecule is Cc1ccc(C)c(OCCC[C@@H](C)C(=O)N2C(=O)OC[C@@H]2C(C)C)c1. The van der Waals surface area contributed by atoms with E-state index in [-0.39, 0.29) is 23.8 Å². The van der Waals surface area contributed by atoms with E-state index in [0.29, 0.717) is 19.6 Å². The van der Waals surface area contributed by atoms with Crippen LogP contribution < -0.4 is 4.74 Å². The van der Waals surface area contributed by atoms with Crippen molar-refractivity contribution >= 4 is 12.0 Å². The van der Waals surface area contributed by atoms with Crippen molar-refractivity contribution in [3.05, 3.63) is 29.3 Å². The minimum atomic E-state index is -0.512. The lowest BCUT2D eigenvalue weighted by Gasteiger charge is -2.25. The summed E-state index contributed by atoms with van der Waals surface area (Å²) in [5.74, 6) is 0.708. The first-order valence-corrected chi connectivity index (χ1v) is 9.01. The molecule has 0 saturated carbocycles. The molecule has 1 aromatic rings. The summed E-state index contributed by atoms with van der Waals surface area (Å²) in [5, 5.41) is 0. The highest BCUT2D eigenvalue weighted by Crippen LogP contribution is 2.24. The van der Waals surface area contributed by atoms with Gasteiger partial charge in [-0.1, -0.05) is 32.9 Å². The molecule has 0 N–H and O–H groups in total. The average molecular weight is 347 g/mol. The minimum absolute atomic E-state index is 0.145. The van der Waals surface area contributed by atoms with Gasteiger partial charge in [-0.15, -0.1) is 0 Å². The molecule has 1 saturated heterocycles. The summed E-state index contributed by atoms with van der Waals surface area (Å²) in [7, 11) is 0. The van der Waals surface area contributed by atoms with Gasteiger partial charge < -0.3 is 9.47 Å². The molecule has 0 radical (unpaired) electrons. The number of ether oxygens (including phenoxy) is 2. The third kappa shape index (κ3) is 4.74. The van der Waals surface area contributed by atoms with Gasteiger partial charge in [-0.2, -0.15) is 0 Å². The molecule has 138 valence electrons. The van der Waals surface area contributed by atoms with Gasteiger partial charge in [0.05, 0.1) is 12.6 Å². The fourth-order valence-electron chi connectivity index (χ4n) is 2.98. The Morgan fingerprint density at radius 1 is 1.32 bits per heavy atom. The molecule has 1 aliphatic rings. The summed E-state index contributed by atoms with van der Waals surface area (Å²) >= 11 is 0. The highest BCUT2D eigenvalue weighted by atomic mass is 16.6. The maximum atomic E-state index is 12.6. The summed E-state index contributed by atoms with van der Waals surface area (Å²) in [5.41, 5.74) is 2.27. The van der Waals surface area contributed by atoms with E-state index in [2.05, 4.69) is 6.07 Å². The summed E-state index contributed by atoms with van der Waals surface area (Å²) in [6, 6.07) is 5.97. The van der Waals surface area contributed by atoms with E-state index >= 15 is 0 Å². The lowest BCUT2D eigenvalue weighted by molar-refractivity contribution is -0.133. The Hall–Kier alpha value is -2.04. The van der Waals surface area contributed by atoms with Crippen molar-refractivity contribution in [2.45, 2.75) is 53.5 Å². The number of benzene rings is 1. The molecule has 1 fully saturated rings. The summed E-state index contributed by atoms with van der Waals surface area (Å²) in [4.78, 5) is 25.8. The number of amides is 2. The molecule has 5 heteroatoms. The monoisotopic (exact) mass is 347 g/mol. The highest BCUT2D eigenvalue weighted by Gasteiger charge is 2.40. The lowest BCUT2D eigenvalue weighted by atomic mass is 10.00. The van der Waals surface area contributed by atoms with Gasteiger partial charge in [0, 0.05) is 5.92 Å². The van der Waals surface area contributed by atoms with Crippen LogP contribution in [0.1, 0.15) is 44.7 Å². The number of carbonyl (C=O) groups is 2. The number of hydrogen-bond acceptors (Lipinski definition) is 4. The zero-order valence-electron chi connectivity index (χ0n) is 15.9. The van der Waals surface area contributed by atoms with Crippen molar-refractivity contribution in [1.82, 2.24) is 4.90 Å². The van der Waals surface area contributed by atoms with Crippen LogP contribution >= 0.6 is 0 Å². The van der Waals surface area contributed by atoms with E-state index in [0.717, 1.165) is 23.3 Å². The quantitative estimate of drug-likeness (QED) is 0.697. The predicted molar refractivity (Wildman–Crippen MR) is 96.6 cm³/mol.